The fraction of sp³-hybridized carbons (Fsp3) is 0.333. The molecule has 2 aromatic carbocycles. The summed E-state index contributed by atoms with van der Waals surface area (Å²) in [4.78, 5) is 26.7. The lowest BCUT2D eigenvalue weighted by molar-refractivity contribution is -0.146. The molecule has 0 radical (unpaired) electrons. The van der Waals surface area contributed by atoms with Crippen LogP contribution in [0, 0.1) is 6.92 Å². The average molecular weight is 352 g/mol. The number of amides is 1. The summed E-state index contributed by atoms with van der Waals surface area (Å²) in [7, 11) is 1.40. The summed E-state index contributed by atoms with van der Waals surface area (Å²) in [5.41, 5.74) is 2.88. The largest absolute Gasteiger partial charge is 0.468 e. The Morgan fingerprint density at radius 1 is 1.12 bits per heavy atom. The fourth-order valence-electron chi connectivity index (χ4n) is 3.36. The van der Waals surface area contributed by atoms with Crippen molar-refractivity contribution in [1.29, 1.82) is 0 Å². The molecule has 136 valence electrons. The molecule has 1 amide bonds. The number of carbonyl (C=O) groups excluding carboxylic acids is 2. The minimum Gasteiger partial charge on any atom is -0.468 e. The normalized spacial score (nSPS) is 19.9. The highest BCUT2D eigenvalue weighted by Gasteiger charge is 2.38. The third-order valence-corrected chi connectivity index (χ3v) is 4.75. The van der Waals surface area contributed by atoms with E-state index in [0.29, 0.717) is 25.1 Å². The first-order valence-electron chi connectivity index (χ1n) is 8.80. The standard InChI is InChI=1S/C21H24N2O3/c1-15-8-10-17(11-9-15)20(24)22-18-12-19(21(25)26-2)23(14-18)13-16-6-4-3-5-7-16/h3-11,18-19H,12-14H2,1-2H3,(H,22,24)/t18-,19+/m1/s1. The van der Waals surface area contributed by atoms with Crippen LogP contribution < -0.4 is 5.32 Å². The zero-order valence-electron chi connectivity index (χ0n) is 15.1. The molecule has 1 aliphatic rings. The number of carbonyl (C=O) groups is 2. The van der Waals surface area contributed by atoms with Crippen LogP contribution in [0.4, 0.5) is 0 Å². The number of rotatable bonds is 5. The van der Waals surface area contributed by atoms with Gasteiger partial charge in [0.05, 0.1) is 7.11 Å². The number of hydrogen-bond acceptors (Lipinski definition) is 4. The maximum Gasteiger partial charge on any atom is 0.323 e. The maximum atomic E-state index is 12.5. The molecule has 0 aliphatic carbocycles. The predicted octanol–water partition coefficient (Wildman–Crippen LogP) is 2.54. The van der Waals surface area contributed by atoms with Crippen molar-refractivity contribution in [3.05, 3.63) is 71.3 Å². The van der Waals surface area contributed by atoms with Gasteiger partial charge in [-0.05, 0) is 31.0 Å². The van der Waals surface area contributed by atoms with Gasteiger partial charge < -0.3 is 10.1 Å². The molecule has 1 saturated heterocycles. The molecule has 1 fully saturated rings. The Kier molecular flexibility index (Phi) is 5.68. The molecular formula is C21H24N2O3. The number of aryl methyl sites for hydroxylation is 1. The molecule has 26 heavy (non-hydrogen) atoms. The van der Waals surface area contributed by atoms with E-state index in [-0.39, 0.29) is 24.0 Å². The minimum atomic E-state index is -0.344. The highest BCUT2D eigenvalue weighted by atomic mass is 16.5. The van der Waals surface area contributed by atoms with E-state index in [1.54, 1.807) is 0 Å². The lowest BCUT2D eigenvalue weighted by Gasteiger charge is -2.22. The maximum absolute atomic E-state index is 12.5. The monoisotopic (exact) mass is 352 g/mol. The number of methoxy groups -OCH3 is 1. The highest BCUT2D eigenvalue weighted by molar-refractivity contribution is 5.94. The van der Waals surface area contributed by atoms with Crippen molar-refractivity contribution >= 4 is 11.9 Å². The lowest BCUT2D eigenvalue weighted by Crippen LogP contribution is -2.37. The molecule has 0 unspecified atom stereocenters. The van der Waals surface area contributed by atoms with E-state index in [1.165, 1.54) is 7.11 Å². The van der Waals surface area contributed by atoms with Gasteiger partial charge in [-0.2, -0.15) is 0 Å². The zero-order chi connectivity index (χ0) is 18.5. The van der Waals surface area contributed by atoms with Gasteiger partial charge in [-0.1, -0.05) is 48.0 Å². The summed E-state index contributed by atoms with van der Waals surface area (Å²) >= 11 is 0. The summed E-state index contributed by atoms with van der Waals surface area (Å²) in [6.45, 7) is 3.25. The van der Waals surface area contributed by atoms with Crippen LogP contribution in [0.5, 0.6) is 0 Å². The number of nitrogens with one attached hydrogen (secondary N) is 1. The van der Waals surface area contributed by atoms with Crippen LogP contribution in [0.1, 0.15) is 27.9 Å². The molecule has 2 aromatic rings. The van der Waals surface area contributed by atoms with Gasteiger partial charge in [0.2, 0.25) is 0 Å². The van der Waals surface area contributed by atoms with Gasteiger partial charge in [-0.3, -0.25) is 14.5 Å². The Bertz CT molecular complexity index is 759. The first-order valence-corrected chi connectivity index (χ1v) is 8.80. The Morgan fingerprint density at radius 2 is 1.81 bits per heavy atom. The number of likely N-dealkylation sites (tertiary alicyclic amines) is 1. The molecule has 5 nitrogen and oxygen atoms in total. The third-order valence-electron chi connectivity index (χ3n) is 4.75. The SMILES string of the molecule is COC(=O)[C@@H]1C[C@@H](NC(=O)c2ccc(C)cc2)CN1Cc1ccccc1. The van der Waals surface area contributed by atoms with Crippen LogP contribution in [0.25, 0.3) is 0 Å². The molecule has 0 aromatic heterocycles. The first kappa shape index (κ1) is 18.1. The van der Waals surface area contributed by atoms with Gasteiger partial charge in [-0.25, -0.2) is 0 Å². The molecule has 5 heteroatoms. The molecule has 0 bridgehead atoms. The molecule has 0 saturated carbocycles. The second-order valence-electron chi connectivity index (χ2n) is 6.73. The van der Waals surface area contributed by atoms with Crippen LogP contribution >= 0.6 is 0 Å². The van der Waals surface area contributed by atoms with E-state index >= 15 is 0 Å². The Labute approximate surface area is 154 Å². The number of ether oxygens (including phenoxy) is 1. The average Bonchev–Trinajstić information content (AvgIpc) is 3.04. The Morgan fingerprint density at radius 3 is 2.46 bits per heavy atom. The van der Waals surface area contributed by atoms with E-state index in [9.17, 15) is 9.59 Å². The number of hydrogen-bond donors (Lipinski definition) is 1. The molecule has 1 heterocycles. The van der Waals surface area contributed by atoms with Crippen molar-refractivity contribution in [3.63, 3.8) is 0 Å². The van der Waals surface area contributed by atoms with Gasteiger partial charge in [0.15, 0.2) is 0 Å². The van der Waals surface area contributed by atoms with Crippen LogP contribution in [-0.2, 0) is 16.1 Å². The van der Waals surface area contributed by atoms with Crippen molar-refractivity contribution < 1.29 is 14.3 Å². The number of nitrogens with zero attached hydrogens (tertiary/aromatic N) is 1. The van der Waals surface area contributed by atoms with Gasteiger partial charge in [0.1, 0.15) is 6.04 Å². The Hall–Kier alpha value is -2.66. The van der Waals surface area contributed by atoms with E-state index in [4.69, 9.17) is 4.74 Å². The van der Waals surface area contributed by atoms with Gasteiger partial charge >= 0.3 is 5.97 Å². The molecule has 1 N–H and O–H groups in total. The smallest absolute Gasteiger partial charge is 0.323 e. The van der Waals surface area contributed by atoms with Crippen molar-refractivity contribution in [3.8, 4) is 0 Å². The summed E-state index contributed by atoms with van der Waals surface area (Å²) in [6, 6.07) is 17.0. The van der Waals surface area contributed by atoms with Crippen molar-refractivity contribution in [1.82, 2.24) is 10.2 Å². The molecule has 1 aliphatic heterocycles. The summed E-state index contributed by atoms with van der Waals surface area (Å²) < 4.78 is 4.96. The van der Waals surface area contributed by atoms with Gasteiger partial charge in [0.25, 0.3) is 5.91 Å². The van der Waals surface area contributed by atoms with Gasteiger partial charge in [-0.15, -0.1) is 0 Å². The van der Waals surface area contributed by atoms with Crippen LogP contribution in [0.15, 0.2) is 54.6 Å². The summed E-state index contributed by atoms with van der Waals surface area (Å²) in [5, 5.41) is 3.05. The topological polar surface area (TPSA) is 58.6 Å². The second-order valence-corrected chi connectivity index (χ2v) is 6.73. The van der Waals surface area contributed by atoms with E-state index < -0.39 is 0 Å². The molecular weight excluding hydrogens is 328 g/mol. The molecule has 3 rings (SSSR count). The molecule has 2 atom stereocenters. The summed E-state index contributed by atoms with van der Waals surface area (Å²) in [6.07, 6.45) is 0.553. The number of benzene rings is 2. The third kappa shape index (κ3) is 4.29. The van der Waals surface area contributed by atoms with E-state index in [2.05, 4.69) is 10.2 Å². The van der Waals surface area contributed by atoms with Crippen molar-refractivity contribution in [2.45, 2.75) is 32.0 Å². The quantitative estimate of drug-likeness (QED) is 0.840. The van der Waals surface area contributed by atoms with E-state index in [0.717, 1.165) is 11.1 Å². The zero-order valence-corrected chi connectivity index (χ0v) is 15.1. The Balaban J connectivity index is 1.68. The highest BCUT2D eigenvalue weighted by Crippen LogP contribution is 2.22. The van der Waals surface area contributed by atoms with E-state index in [1.807, 2.05) is 61.5 Å². The summed E-state index contributed by atoms with van der Waals surface area (Å²) in [5.74, 6) is -0.367. The van der Waals surface area contributed by atoms with Crippen molar-refractivity contribution in [2.75, 3.05) is 13.7 Å². The predicted molar refractivity (Wildman–Crippen MR) is 99.7 cm³/mol. The van der Waals surface area contributed by atoms with Crippen LogP contribution in [-0.4, -0.2) is 42.5 Å². The molecule has 0 spiro atoms. The van der Waals surface area contributed by atoms with Crippen molar-refractivity contribution in [2.24, 2.45) is 0 Å². The lowest BCUT2D eigenvalue weighted by atomic mass is 10.1. The second kappa shape index (κ2) is 8.15. The van der Waals surface area contributed by atoms with Gasteiger partial charge in [0, 0.05) is 24.7 Å². The first-order chi connectivity index (χ1) is 12.6. The number of esters is 1. The van der Waals surface area contributed by atoms with Crippen LogP contribution in [0.3, 0.4) is 0 Å². The minimum absolute atomic E-state index is 0.0865. The van der Waals surface area contributed by atoms with Crippen LogP contribution in [0.2, 0.25) is 0 Å². The fourth-order valence-corrected chi connectivity index (χ4v) is 3.36.